The number of nitrogen functional groups attached to an aromatic ring is 1. The zero-order chi connectivity index (χ0) is 15.4. The van der Waals surface area contributed by atoms with E-state index in [1.807, 2.05) is 24.3 Å². The average Bonchev–Trinajstić information content (AvgIpc) is 2.54. The Morgan fingerprint density at radius 1 is 1.09 bits per heavy atom. The molecule has 1 aliphatic rings. The molecule has 0 radical (unpaired) electrons. The second-order valence-electron chi connectivity index (χ2n) is 5.81. The Kier molecular flexibility index (Phi) is 4.42. The van der Waals surface area contributed by atoms with E-state index in [4.69, 9.17) is 10.5 Å². The van der Waals surface area contributed by atoms with Gasteiger partial charge >= 0.3 is 0 Å². The lowest BCUT2D eigenvalue weighted by Crippen LogP contribution is -2.21. The van der Waals surface area contributed by atoms with E-state index in [2.05, 4.69) is 22.2 Å². The first kappa shape index (κ1) is 14.6. The molecule has 5 nitrogen and oxygen atoms in total. The van der Waals surface area contributed by atoms with Crippen molar-refractivity contribution in [1.82, 2.24) is 9.97 Å². The molecule has 0 bridgehead atoms. The van der Waals surface area contributed by atoms with Crippen molar-refractivity contribution in [2.24, 2.45) is 0 Å². The van der Waals surface area contributed by atoms with Crippen LogP contribution in [0.25, 0.3) is 0 Å². The standard InChI is InChI=1S/C17H22N4O/c1-12-7-9-13(10-8-12)21-16-15(18)17(20-11-19-16)22-14-5-3-2-4-6-14/h7-11,14H,2-6,18H2,1H3,(H,19,20,21). The van der Waals surface area contributed by atoms with E-state index in [0.29, 0.717) is 17.4 Å². The van der Waals surface area contributed by atoms with Gasteiger partial charge in [-0.05, 0) is 44.7 Å². The highest BCUT2D eigenvalue weighted by Crippen LogP contribution is 2.30. The number of hydrogen-bond donors (Lipinski definition) is 2. The molecule has 1 aromatic carbocycles. The summed E-state index contributed by atoms with van der Waals surface area (Å²) in [5, 5.41) is 3.22. The van der Waals surface area contributed by atoms with Gasteiger partial charge in [-0.25, -0.2) is 4.98 Å². The van der Waals surface area contributed by atoms with E-state index in [0.717, 1.165) is 18.5 Å². The molecule has 1 fully saturated rings. The zero-order valence-corrected chi connectivity index (χ0v) is 12.9. The molecule has 1 saturated carbocycles. The van der Waals surface area contributed by atoms with E-state index in [1.165, 1.54) is 31.2 Å². The highest BCUT2D eigenvalue weighted by Gasteiger charge is 2.18. The minimum Gasteiger partial charge on any atom is -0.473 e. The Morgan fingerprint density at radius 3 is 2.55 bits per heavy atom. The van der Waals surface area contributed by atoms with Gasteiger partial charge in [0.2, 0.25) is 5.88 Å². The molecule has 1 aromatic heterocycles. The molecule has 0 unspecified atom stereocenters. The van der Waals surface area contributed by atoms with Crippen molar-refractivity contribution < 1.29 is 4.74 Å². The highest BCUT2D eigenvalue weighted by atomic mass is 16.5. The fraction of sp³-hybridized carbons (Fsp3) is 0.412. The number of hydrogen-bond acceptors (Lipinski definition) is 5. The van der Waals surface area contributed by atoms with Gasteiger partial charge in [-0.2, -0.15) is 4.98 Å². The van der Waals surface area contributed by atoms with Gasteiger partial charge in [0.15, 0.2) is 5.82 Å². The largest absolute Gasteiger partial charge is 0.473 e. The molecule has 1 heterocycles. The van der Waals surface area contributed by atoms with Gasteiger partial charge in [0.25, 0.3) is 0 Å². The van der Waals surface area contributed by atoms with Crippen LogP contribution >= 0.6 is 0 Å². The Morgan fingerprint density at radius 2 is 1.82 bits per heavy atom. The first-order chi connectivity index (χ1) is 10.7. The van der Waals surface area contributed by atoms with Crippen LogP contribution in [-0.4, -0.2) is 16.1 Å². The van der Waals surface area contributed by atoms with E-state index in [-0.39, 0.29) is 6.10 Å². The Hall–Kier alpha value is -2.30. The van der Waals surface area contributed by atoms with Crippen LogP contribution < -0.4 is 15.8 Å². The zero-order valence-electron chi connectivity index (χ0n) is 12.9. The maximum atomic E-state index is 6.17. The monoisotopic (exact) mass is 298 g/mol. The number of aromatic nitrogens is 2. The van der Waals surface area contributed by atoms with Gasteiger partial charge in [0, 0.05) is 5.69 Å². The Bertz CT molecular complexity index is 621. The molecule has 3 rings (SSSR count). The quantitative estimate of drug-likeness (QED) is 0.897. The summed E-state index contributed by atoms with van der Waals surface area (Å²) in [6.45, 7) is 2.05. The summed E-state index contributed by atoms with van der Waals surface area (Å²) in [5.41, 5.74) is 8.79. The molecule has 3 N–H and O–H groups in total. The molecule has 0 saturated heterocycles. The number of nitrogens with zero attached hydrogens (tertiary/aromatic N) is 2. The smallest absolute Gasteiger partial charge is 0.242 e. The summed E-state index contributed by atoms with van der Waals surface area (Å²) >= 11 is 0. The minimum absolute atomic E-state index is 0.221. The van der Waals surface area contributed by atoms with Crippen molar-refractivity contribution in [3.8, 4) is 5.88 Å². The normalized spacial score (nSPS) is 15.5. The van der Waals surface area contributed by atoms with Crippen molar-refractivity contribution in [2.45, 2.75) is 45.1 Å². The fourth-order valence-corrected chi connectivity index (χ4v) is 2.69. The van der Waals surface area contributed by atoms with Crippen LogP contribution in [0.15, 0.2) is 30.6 Å². The SMILES string of the molecule is Cc1ccc(Nc2ncnc(OC3CCCCC3)c2N)cc1. The molecule has 0 amide bonds. The number of nitrogens with two attached hydrogens (primary N) is 1. The molecule has 0 atom stereocenters. The highest BCUT2D eigenvalue weighted by molar-refractivity contribution is 5.72. The number of anilines is 3. The summed E-state index contributed by atoms with van der Waals surface area (Å²) in [5.74, 6) is 1.07. The molecular weight excluding hydrogens is 276 g/mol. The summed E-state index contributed by atoms with van der Waals surface area (Å²) < 4.78 is 5.97. The van der Waals surface area contributed by atoms with Crippen molar-refractivity contribution in [3.05, 3.63) is 36.2 Å². The molecule has 0 spiro atoms. The van der Waals surface area contributed by atoms with Crippen molar-refractivity contribution in [1.29, 1.82) is 0 Å². The predicted molar refractivity (Wildman–Crippen MR) is 88.4 cm³/mol. The number of nitrogens with one attached hydrogen (secondary N) is 1. The van der Waals surface area contributed by atoms with E-state index in [1.54, 1.807) is 0 Å². The summed E-state index contributed by atoms with van der Waals surface area (Å²) in [6.07, 6.45) is 7.57. The van der Waals surface area contributed by atoms with Crippen LogP contribution in [0.2, 0.25) is 0 Å². The van der Waals surface area contributed by atoms with Crippen molar-refractivity contribution in [3.63, 3.8) is 0 Å². The summed E-state index contributed by atoms with van der Waals surface area (Å²) in [6, 6.07) is 8.08. The maximum Gasteiger partial charge on any atom is 0.242 e. The van der Waals surface area contributed by atoms with E-state index >= 15 is 0 Å². The first-order valence-electron chi connectivity index (χ1n) is 7.83. The third-order valence-electron chi connectivity index (χ3n) is 3.99. The molecule has 5 heteroatoms. The molecule has 116 valence electrons. The van der Waals surface area contributed by atoms with Crippen LogP contribution in [-0.2, 0) is 0 Å². The van der Waals surface area contributed by atoms with Crippen LogP contribution in [0, 0.1) is 6.92 Å². The molecular formula is C17H22N4O. The van der Waals surface area contributed by atoms with Crippen LogP contribution in [0.1, 0.15) is 37.7 Å². The van der Waals surface area contributed by atoms with Gasteiger partial charge in [0.1, 0.15) is 18.1 Å². The van der Waals surface area contributed by atoms with E-state index in [9.17, 15) is 0 Å². The van der Waals surface area contributed by atoms with Crippen LogP contribution in [0.4, 0.5) is 17.2 Å². The number of rotatable bonds is 4. The second-order valence-corrected chi connectivity index (χ2v) is 5.81. The van der Waals surface area contributed by atoms with Gasteiger partial charge < -0.3 is 15.8 Å². The second kappa shape index (κ2) is 6.64. The van der Waals surface area contributed by atoms with E-state index < -0.39 is 0 Å². The minimum atomic E-state index is 0.221. The fourth-order valence-electron chi connectivity index (χ4n) is 2.69. The van der Waals surface area contributed by atoms with Crippen molar-refractivity contribution >= 4 is 17.2 Å². The molecule has 0 aliphatic heterocycles. The third kappa shape index (κ3) is 3.47. The van der Waals surface area contributed by atoms with Crippen molar-refractivity contribution in [2.75, 3.05) is 11.1 Å². The van der Waals surface area contributed by atoms with Gasteiger partial charge in [0.05, 0.1) is 0 Å². The predicted octanol–water partition coefficient (Wildman–Crippen LogP) is 3.82. The Labute approximate surface area is 130 Å². The lowest BCUT2D eigenvalue weighted by Gasteiger charge is -2.23. The first-order valence-corrected chi connectivity index (χ1v) is 7.83. The lowest BCUT2D eigenvalue weighted by molar-refractivity contribution is 0.149. The summed E-state index contributed by atoms with van der Waals surface area (Å²) in [7, 11) is 0. The molecule has 1 aliphatic carbocycles. The molecule has 22 heavy (non-hydrogen) atoms. The number of benzene rings is 1. The van der Waals surface area contributed by atoms with Gasteiger partial charge in [-0.3, -0.25) is 0 Å². The number of ether oxygens (including phenoxy) is 1. The molecule has 2 aromatic rings. The number of aryl methyl sites for hydroxylation is 1. The third-order valence-corrected chi connectivity index (χ3v) is 3.99. The summed E-state index contributed by atoms with van der Waals surface area (Å²) in [4.78, 5) is 8.41. The van der Waals surface area contributed by atoms with Crippen LogP contribution in [0.5, 0.6) is 5.88 Å². The van der Waals surface area contributed by atoms with Crippen LogP contribution in [0.3, 0.4) is 0 Å². The average molecular weight is 298 g/mol. The topological polar surface area (TPSA) is 73.1 Å². The van der Waals surface area contributed by atoms with Gasteiger partial charge in [-0.1, -0.05) is 24.1 Å². The van der Waals surface area contributed by atoms with Gasteiger partial charge in [-0.15, -0.1) is 0 Å². The maximum absolute atomic E-state index is 6.17. The Balaban J connectivity index is 1.74. The lowest BCUT2D eigenvalue weighted by atomic mass is 9.98.